The van der Waals surface area contributed by atoms with Gasteiger partial charge in [-0.3, -0.25) is 14.4 Å². The first-order chi connectivity index (χ1) is 20.2. The van der Waals surface area contributed by atoms with Gasteiger partial charge in [0.2, 0.25) is 11.8 Å². The zero-order valence-corrected chi connectivity index (χ0v) is 24.5. The summed E-state index contributed by atoms with van der Waals surface area (Å²) in [6, 6.07) is 18.6. The van der Waals surface area contributed by atoms with Gasteiger partial charge in [-0.1, -0.05) is 59.6 Å². The summed E-state index contributed by atoms with van der Waals surface area (Å²) in [6.45, 7) is 0.932. The number of anilines is 2. The number of methoxy groups -OCH3 is 1. The molecule has 1 aliphatic rings. The number of ether oxygens (including phenoxy) is 1. The molecule has 3 aromatic rings. The van der Waals surface area contributed by atoms with Crippen LogP contribution >= 0.6 is 23.2 Å². The van der Waals surface area contributed by atoms with Gasteiger partial charge in [-0.05, 0) is 53.8 Å². The van der Waals surface area contributed by atoms with Crippen LogP contribution in [0.25, 0.3) is 11.1 Å². The van der Waals surface area contributed by atoms with E-state index in [4.69, 9.17) is 39.4 Å². The Morgan fingerprint density at radius 3 is 2.40 bits per heavy atom. The molecule has 0 bridgehead atoms. The molecular weight excluding hydrogens is 579 g/mol. The smallest absolute Gasteiger partial charge is 0.320 e. The van der Waals surface area contributed by atoms with Crippen molar-refractivity contribution in [3.8, 4) is 11.1 Å². The van der Waals surface area contributed by atoms with E-state index in [1.54, 1.807) is 12.1 Å². The molecule has 1 atom stereocenters. The Hall–Kier alpha value is -4.28. The number of nitrogens with zero attached hydrogens (tertiary/aromatic N) is 2. The van der Waals surface area contributed by atoms with E-state index in [2.05, 4.69) is 20.5 Å². The number of esters is 1. The number of carbonyl (C=O) groups is 3. The third-order valence-electron chi connectivity index (χ3n) is 6.85. The van der Waals surface area contributed by atoms with Gasteiger partial charge in [-0.15, -0.1) is 0 Å². The van der Waals surface area contributed by atoms with Crippen molar-refractivity contribution >= 4 is 64.0 Å². The maximum Gasteiger partial charge on any atom is 0.320 e. The monoisotopic (exact) mass is 610 g/mol. The number of fused-ring (bicyclic) bond motifs is 1. The number of nitrogens with one attached hydrogen (secondary N) is 2. The van der Waals surface area contributed by atoms with E-state index in [1.807, 2.05) is 48.5 Å². The van der Waals surface area contributed by atoms with E-state index in [9.17, 15) is 14.4 Å². The SMILES string of the molecule is COC(=O)[C@@H](CNC(=O)CCN1CCCc2ccc(N=C(N)N)cc21)C(=O)Nc1c(Cl)cc(-c2ccccc2)cc1Cl. The van der Waals surface area contributed by atoms with Crippen LogP contribution in [0.3, 0.4) is 0 Å². The van der Waals surface area contributed by atoms with Crippen LogP contribution < -0.4 is 27.0 Å². The predicted molar refractivity (Wildman–Crippen MR) is 166 cm³/mol. The fourth-order valence-corrected chi connectivity index (χ4v) is 5.34. The molecule has 12 heteroatoms. The number of amides is 2. The third kappa shape index (κ3) is 7.71. The second-order valence-corrected chi connectivity index (χ2v) is 10.6. The first kappa shape index (κ1) is 30.7. The number of nitrogens with two attached hydrogens (primary N) is 2. The van der Waals surface area contributed by atoms with Crippen molar-refractivity contribution in [1.29, 1.82) is 0 Å². The lowest BCUT2D eigenvalue weighted by molar-refractivity contribution is -0.148. The van der Waals surface area contributed by atoms with E-state index in [-0.39, 0.29) is 40.6 Å². The number of aliphatic imine (C=N–C) groups is 1. The fourth-order valence-electron chi connectivity index (χ4n) is 4.76. The van der Waals surface area contributed by atoms with E-state index < -0.39 is 17.8 Å². The lowest BCUT2D eigenvalue weighted by atomic mass is 10.0. The molecule has 6 N–H and O–H groups in total. The highest BCUT2D eigenvalue weighted by atomic mass is 35.5. The van der Waals surface area contributed by atoms with Gasteiger partial charge in [0.05, 0.1) is 28.5 Å². The minimum atomic E-state index is -1.32. The summed E-state index contributed by atoms with van der Waals surface area (Å²) in [6.07, 6.45) is 2.00. The zero-order valence-electron chi connectivity index (χ0n) is 23.0. The van der Waals surface area contributed by atoms with Crippen molar-refractivity contribution < 1.29 is 19.1 Å². The van der Waals surface area contributed by atoms with Crippen LogP contribution in [0.1, 0.15) is 18.4 Å². The van der Waals surface area contributed by atoms with Crippen LogP contribution in [0, 0.1) is 5.92 Å². The number of benzene rings is 3. The zero-order chi connectivity index (χ0) is 30.2. The minimum absolute atomic E-state index is 0.0328. The Morgan fingerprint density at radius 2 is 1.74 bits per heavy atom. The molecule has 10 nitrogen and oxygen atoms in total. The first-order valence-corrected chi connectivity index (χ1v) is 14.1. The molecule has 220 valence electrons. The van der Waals surface area contributed by atoms with E-state index in [0.717, 1.165) is 41.8 Å². The second-order valence-electron chi connectivity index (χ2n) is 9.74. The number of halogens is 2. The predicted octanol–water partition coefficient (Wildman–Crippen LogP) is 4.25. The van der Waals surface area contributed by atoms with Crippen molar-refractivity contribution in [1.82, 2.24) is 5.32 Å². The molecule has 0 aliphatic carbocycles. The van der Waals surface area contributed by atoms with Gasteiger partial charge in [0.1, 0.15) is 0 Å². The van der Waals surface area contributed by atoms with E-state index >= 15 is 0 Å². The van der Waals surface area contributed by atoms with Crippen LogP contribution in [-0.2, 0) is 25.5 Å². The number of aryl methyl sites for hydroxylation is 1. The van der Waals surface area contributed by atoms with Crippen LogP contribution in [0.5, 0.6) is 0 Å². The molecule has 0 spiro atoms. The molecule has 0 unspecified atom stereocenters. The Bertz CT molecular complexity index is 1470. The normalized spacial score (nSPS) is 13.0. The number of hydrogen-bond donors (Lipinski definition) is 4. The molecule has 4 rings (SSSR count). The Labute approximate surface area is 254 Å². The fraction of sp³-hybridized carbons (Fsp3) is 0.267. The van der Waals surface area contributed by atoms with Gasteiger partial charge in [-0.2, -0.15) is 0 Å². The van der Waals surface area contributed by atoms with E-state index in [0.29, 0.717) is 12.2 Å². The Kier molecular flexibility index (Phi) is 10.3. The molecule has 1 heterocycles. The highest BCUT2D eigenvalue weighted by molar-refractivity contribution is 6.40. The topological polar surface area (TPSA) is 152 Å². The molecule has 0 saturated carbocycles. The van der Waals surface area contributed by atoms with Crippen molar-refractivity contribution in [2.75, 3.05) is 37.0 Å². The summed E-state index contributed by atoms with van der Waals surface area (Å²) in [7, 11) is 1.17. The Balaban J connectivity index is 1.38. The maximum atomic E-state index is 13.1. The van der Waals surface area contributed by atoms with Crippen molar-refractivity contribution in [2.45, 2.75) is 19.3 Å². The molecule has 0 radical (unpaired) electrons. The van der Waals surface area contributed by atoms with Crippen molar-refractivity contribution in [3.05, 3.63) is 76.3 Å². The van der Waals surface area contributed by atoms with Gasteiger partial charge in [-0.25, -0.2) is 4.99 Å². The first-order valence-electron chi connectivity index (χ1n) is 13.3. The lowest BCUT2D eigenvalue weighted by Gasteiger charge is -2.31. The molecule has 2 amide bonds. The summed E-state index contributed by atoms with van der Waals surface area (Å²) >= 11 is 12.9. The van der Waals surface area contributed by atoms with Crippen LogP contribution in [0.15, 0.2) is 65.7 Å². The highest BCUT2D eigenvalue weighted by Crippen LogP contribution is 2.36. The third-order valence-corrected chi connectivity index (χ3v) is 7.45. The van der Waals surface area contributed by atoms with Crippen molar-refractivity contribution in [2.24, 2.45) is 22.4 Å². The molecule has 0 saturated heterocycles. The van der Waals surface area contributed by atoms with Gasteiger partial charge in [0.25, 0.3) is 0 Å². The van der Waals surface area contributed by atoms with E-state index in [1.165, 1.54) is 7.11 Å². The average Bonchev–Trinajstić information content (AvgIpc) is 2.97. The maximum absolute atomic E-state index is 13.1. The molecule has 1 aliphatic heterocycles. The second kappa shape index (κ2) is 14.1. The summed E-state index contributed by atoms with van der Waals surface area (Å²) in [5.41, 5.74) is 15.6. The number of rotatable bonds is 10. The molecular formula is C30H32Cl2N6O4. The summed E-state index contributed by atoms with van der Waals surface area (Å²) in [5, 5.41) is 5.70. The average molecular weight is 612 g/mol. The number of hydrogen-bond acceptors (Lipinski definition) is 6. The van der Waals surface area contributed by atoms with Gasteiger partial charge in [0.15, 0.2) is 11.9 Å². The van der Waals surface area contributed by atoms with Crippen LogP contribution in [0.4, 0.5) is 17.1 Å². The van der Waals surface area contributed by atoms with Crippen LogP contribution in [0.2, 0.25) is 10.0 Å². The molecule has 0 aromatic heterocycles. The summed E-state index contributed by atoms with van der Waals surface area (Å²) < 4.78 is 4.82. The molecule has 3 aromatic carbocycles. The number of carbonyl (C=O) groups excluding carboxylic acids is 3. The van der Waals surface area contributed by atoms with Crippen molar-refractivity contribution in [3.63, 3.8) is 0 Å². The molecule has 0 fully saturated rings. The Morgan fingerprint density at radius 1 is 1.02 bits per heavy atom. The minimum Gasteiger partial charge on any atom is -0.468 e. The lowest BCUT2D eigenvalue weighted by Crippen LogP contribution is -2.41. The van der Waals surface area contributed by atoms with Gasteiger partial charge in [0, 0.05) is 31.7 Å². The largest absolute Gasteiger partial charge is 0.468 e. The van der Waals surface area contributed by atoms with Crippen LogP contribution in [-0.4, -0.2) is 50.5 Å². The number of guanidine groups is 1. The van der Waals surface area contributed by atoms with Gasteiger partial charge >= 0.3 is 5.97 Å². The standard InChI is InChI=1S/C30H32Cl2N6O4/c1-42-29(41)22(28(40)37-27-23(31)14-20(15-24(27)32)18-6-3-2-4-7-18)17-35-26(39)11-13-38-12-5-8-19-9-10-21(16-25(19)38)36-30(33)34/h2-4,6-7,9-10,14-16,22H,5,8,11-13,17H2,1H3,(H,35,39)(H,37,40)(H4,33,34,36)/t22-/m0/s1. The quantitative estimate of drug-likeness (QED) is 0.116. The van der Waals surface area contributed by atoms with Gasteiger partial charge < -0.3 is 31.7 Å². The highest BCUT2D eigenvalue weighted by Gasteiger charge is 2.29. The summed E-state index contributed by atoms with van der Waals surface area (Å²) in [5.74, 6) is -3.20. The molecule has 42 heavy (non-hydrogen) atoms. The summed E-state index contributed by atoms with van der Waals surface area (Å²) in [4.78, 5) is 44.6.